The van der Waals surface area contributed by atoms with Crippen molar-refractivity contribution >= 4 is 17.6 Å². The maximum atomic E-state index is 11.7. The minimum atomic E-state index is -0.881. The highest BCUT2D eigenvalue weighted by Crippen LogP contribution is 2.15. The summed E-state index contributed by atoms with van der Waals surface area (Å²) in [6, 6.07) is 7.64. The van der Waals surface area contributed by atoms with Crippen molar-refractivity contribution in [3.63, 3.8) is 0 Å². The van der Waals surface area contributed by atoms with Crippen molar-refractivity contribution in [2.75, 3.05) is 24.5 Å². The first-order chi connectivity index (χ1) is 9.52. The van der Waals surface area contributed by atoms with Gasteiger partial charge in [0.1, 0.15) is 0 Å². The first-order valence-electron chi connectivity index (χ1n) is 6.44. The van der Waals surface area contributed by atoms with Crippen LogP contribution < -0.4 is 10.2 Å². The summed E-state index contributed by atoms with van der Waals surface area (Å²) in [6.45, 7) is 6.33. The molecule has 0 aliphatic rings. The van der Waals surface area contributed by atoms with Crippen LogP contribution in [0.5, 0.6) is 0 Å². The van der Waals surface area contributed by atoms with Crippen molar-refractivity contribution in [2.45, 2.75) is 13.3 Å². The molecule has 1 aromatic carbocycles. The average Bonchev–Trinajstić information content (AvgIpc) is 2.42. The van der Waals surface area contributed by atoms with Crippen LogP contribution in [0.4, 0.5) is 5.69 Å². The third-order valence-corrected chi connectivity index (χ3v) is 2.77. The van der Waals surface area contributed by atoms with Gasteiger partial charge in [-0.3, -0.25) is 9.59 Å². The van der Waals surface area contributed by atoms with E-state index in [1.807, 2.05) is 31.2 Å². The number of hydrogen-bond donors (Lipinski definition) is 2. The molecule has 1 amide bonds. The van der Waals surface area contributed by atoms with Crippen molar-refractivity contribution in [1.82, 2.24) is 5.32 Å². The maximum absolute atomic E-state index is 11.7. The van der Waals surface area contributed by atoms with Crippen LogP contribution in [0.15, 0.2) is 36.9 Å². The number of benzene rings is 1. The fourth-order valence-electron chi connectivity index (χ4n) is 1.70. The normalized spacial score (nSPS) is 9.85. The van der Waals surface area contributed by atoms with E-state index in [4.69, 9.17) is 5.11 Å². The average molecular weight is 276 g/mol. The SMILES string of the molecule is C=CCNC(=O)CN(CCC(=O)O)c1ccc(C)cc1. The molecule has 1 aromatic rings. The summed E-state index contributed by atoms with van der Waals surface area (Å²) < 4.78 is 0. The quantitative estimate of drug-likeness (QED) is 0.707. The Kier molecular flexibility index (Phi) is 6.29. The number of amides is 1. The molecule has 0 radical (unpaired) electrons. The Morgan fingerprint density at radius 2 is 2.00 bits per heavy atom. The summed E-state index contributed by atoms with van der Waals surface area (Å²) in [5.74, 6) is -1.04. The lowest BCUT2D eigenvalue weighted by molar-refractivity contribution is -0.136. The molecule has 0 atom stereocenters. The van der Waals surface area contributed by atoms with E-state index in [1.165, 1.54) is 0 Å². The molecule has 1 rings (SSSR count). The minimum absolute atomic E-state index is 0.0113. The molecule has 5 heteroatoms. The zero-order chi connectivity index (χ0) is 15.0. The van der Waals surface area contributed by atoms with E-state index in [0.717, 1.165) is 11.3 Å². The molecule has 0 spiro atoms. The molecule has 0 bridgehead atoms. The van der Waals surface area contributed by atoms with Crippen LogP contribution in [0.3, 0.4) is 0 Å². The second-order valence-electron chi connectivity index (χ2n) is 4.49. The van der Waals surface area contributed by atoms with Gasteiger partial charge < -0.3 is 15.3 Å². The topological polar surface area (TPSA) is 69.6 Å². The fraction of sp³-hybridized carbons (Fsp3) is 0.333. The molecule has 0 fully saturated rings. The summed E-state index contributed by atoms with van der Waals surface area (Å²) in [5.41, 5.74) is 1.95. The smallest absolute Gasteiger partial charge is 0.305 e. The standard InChI is InChI=1S/C15H20N2O3/c1-3-9-16-14(18)11-17(10-8-15(19)20)13-6-4-12(2)5-7-13/h3-7H,1,8-11H2,2H3,(H,16,18)(H,19,20). The maximum Gasteiger partial charge on any atom is 0.305 e. The number of carboxylic acid groups (broad SMARTS) is 1. The largest absolute Gasteiger partial charge is 0.481 e. The lowest BCUT2D eigenvalue weighted by atomic mass is 10.2. The highest BCUT2D eigenvalue weighted by molar-refractivity contribution is 5.81. The molecule has 0 aliphatic heterocycles. The molecule has 0 heterocycles. The van der Waals surface area contributed by atoms with Crippen LogP contribution in [0.1, 0.15) is 12.0 Å². The molecular weight excluding hydrogens is 256 g/mol. The summed E-state index contributed by atoms with van der Waals surface area (Å²) >= 11 is 0. The third-order valence-electron chi connectivity index (χ3n) is 2.77. The number of hydrogen-bond acceptors (Lipinski definition) is 3. The number of anilines is 1. The van der Waals surface area contributed by atoms with Crippen molar-refractivity contribution in [1.29, 1.82) is 0 Å². The first-order valence-corrected chi connectivity index (χ1v) is 6.44. The van der Waals surface area contributed by atoms with E-state index < -0.39 is 5.97 Å². The summed E-state index contributed by atoms with van der Waals surface area (Å²) in [5, 5.41) is 11.5. The number of carbonyl (C=O) groups is 2. The zero-order valence-corrected chi connectivity index (χ0v) is 11.6. The van der Waals surface area contributed by atoms with Gasteiger partial charge in [-0.25, -0.2) is 0 Å². The molecule has 0 saturated heterocycles. The predicted octanol–water partition coefficient (Wildman–Crippen LogP) is 1.58. The summed E-state index contributed by atoms with van der Waals surface area (Å²) in [6.07, 6.45) is 1.59. The molecule has 0 saturated carbocycles. The number of carbonyl (C=O) groups excluding carboxylic acids is 1. The third kappa shape index (κ3) is 5.56. The number of aliphatic carboxylic acids is 1. The van der Waals surface area contributed by atoms with E-state index in [9.17, 15) is 9.59 Å². The van der Waals surface area contributed by atoms with Gasteiger partial charge in [0, 0.05) is 18.8 Å². The lowest BCUT2D eigenvalue weighted by Crippen LogP contribution is -2.38. The van der Waals surface area contributed by atoms with Gasteiger partial charge in [0.25, 0.3) is 0 Å². The lowest BCUT2D eigenvalue weighted by Gasteiger charge is -2.23. The van der Waals surface area contributed by atoms with Crippen LogP contribution >= 0.6 is 0 Å². The van der Waals surface area contributed by atoms with E-state index in [-0.39, 0.29) is 18.9 Å². The van der Waals surface area contributed by atoms with E-state index >= 15 is 0 Å². The Labute approximate surface area is 118 Å². The summed E-state index contributed by atoms with van der Waals surface area (Å²) in [4.78, 5) is 24.2. The van der Waals surface area contributed by atoms with Gasteiger partial charge in [-0.05, 0) is 19.1 Å². The van der Waals surface area contributed by atoms with Crippen molar-refractivity contribution in [3.8, 4) is 0 Å². The Bertz CT molecular complexity index is 469. The Morgan fingerprint density at radius 1 is 1.35 bits per heavy atom. The molecule has 0 aromatic heterocycles. The number of aryl methyl sites for hydroxylation is 1. The number of nitrogens with zero attached hydrogens (tertiary/aromatic N) is 1. The van der Waals surface area contributed by atoms with Crippen molar-refractivity contribution < 1.29 is 14.7 Å². The van der Waals surface area contributed by atoms with Crippen LogP contribution in [0.2, 0.25) is 0 Å². The van der Waals surface area contributed by atoms with Crippen molar-refractivity contribution in [3.05, 3.63) is 42.5 Å². The Morgan fingerprint density at radius 3 is 2.55 bits per heavy atom. The van der Waals surface area contributed by atoms with Crippen LogP contribution in [-0.4, -0.2) is 36.6 Å². The molecule has 5 nitrogen and oxygen atoms in total. The first kappa shape index (κ1) is 15.8. The Balaban J connectivity index is 2.73. The van der Waals surface area contributed by atoms with Crippen LogP contribution in [0, 0.1) is 6.92 Å². The number of carboxylic acids is 1. The predicted molar refractivity (Wildman–Crippen MR) is 78.9 cm³/mol. The minimum Gasteiger partial charge on any atom is -0.481 e. The second-order valence-corrected chi connectivity index (χ2v) is 4.49. The van der Waals surface area contributed by atoms with Crippen LogP contribution in [0.25, 0.3) is 0 Å². The molecule has 2 N–H and O–H groups in total. The van der Waals surface area contributed by atoms with Crippen LogP contribution in [-0.2, 0) is 9.59 Å². The molecule has 0 aliphatic carbocycles. The van der Waals surface area contributed by atoms with Gasteiger partial charge in [-0.15, -0.1) is 6.58 Å². The van der Waals surface area contributed by atoms with Crippen molar-refractivity contribution in [2.24, 2.45) is 0 Å². The van der Waals surface area contributed by atoms with Gasteiger partial charge in [-0.1, -0.05) is 23.8 Å². The highest BCUT2D eigenvalue weighted by atomic mass is 16.4. The van der Waals surface area contributed by atoms with E-state index in [2.05, 4.69) is 11.9 Å². The van der Waals surface area contributed by atoms with Gasteiger partial charge in [0.05, 0.1) is 13.0 Å². The molecule has 108 valence electrons. The fourth-order valence-corrected chi connectivity index (χ4v) is 1.70. The molecule has 0 unspecified atom stereocenters. The van der Waals surface area contributed by atoms with Gasteiger partial charge in [0.15, 0.2) is 0 Å². The number of nitrogens with one attached hydrogen (secondary N) is 1. The Hall–Kier alpha value is -2.30. The zero-order valence-electron chi connectivity index (χ0n) is 11.6. The van der Waals surface area contributed by atoms with Gasteiger partial charge >= 0.3 is 5.97 Å². The number of rotatable bonds is 8. The second kappa shape index (κ2) is 7.99. The summed E-state index contributed by atoms with van der Waals surface area (Å²) in [7, 11) is 0. The van der Waals surface area contributed by atoms with Gasteiger partial charge in [-0.2, -0.15) is 0 Å². The monoisotopic (exact) mass is 276 g/mol. The molecule has 20 heavy (non-hydrogen) atoms. The van der Waals surface area contributed by atoms with E-state index in [0.29, 0.717) is 13.1 Å². The van der Waals surface area contributed by atoms with E-state index in [1.54, 1.807) is 11.0 Å². The highest BCUT2D eigenvalue weighted by Gasteiger charge is 2.12. The molecular formula is C15H20N2O3. The van der Waals surface area contributed by atoms with Gasteiger partial charge in [0.2, 0.25) is 5.91 Å².